The number of amides is 2. The van der Waals surface area contributed by atoms with Crippen molar-refractivity contribution in [1.29, 1.82) is 0 Å². The van der Waals surface area contributed by atoms with Crippen LogP contribution in [0.25, 0.3) is 0 Å². The predicted molar refractivity (Wildman–Crippen MR) is 188 cm³/mol. The second kappa shape index (κ2) is 15.1. The first-order valence-electron chi connectivity index (χ1n) is 17.5. The number of benzene rings is 2. The van der Waals surface area contributed by atoms with Crippen LogP contribution in [-0.2, 0) is 37.7 Å². The number of hydrogen-bond acceptors (Lipinski definition) is 10. The standard InChI is InChI=1S/C37H47N7O6/c1-27(10-6-8-21-41-25-28(16-23-45)39-40-41)37(49)31-24-30(14-15-32(31)42(35(37)48)22-9-7-13-33(46)50-2)43-26-44(29-11-4-3-5-12-29)36(34(43)47)17-19-38-20-18-36/h3-6,10-12,14-15,24-25,27,38,45,49H,7-9,13,16-23,26H2,1-2H3/b10-6+/t27-,37+/m1/s1. The second-order valence-corrected chi connectivity index (χ2v) is 13.3. The molecule has 2 aromatic carbocycles. The van der Waals surface area contributed by atoms with Crippen molar-refractivity contribution < 1.29 is 29.3 Å². The summed E-state index contributed by atoms with van der Waals surface area (Å²) in [6, 6.07) is 15.5. The molecule has 13 heteroatoms. The number of allylic oxidation sites excluding steroid dienone is 1. The lowest BCUT2D eigenvalue weighted by Gasteiger charge is -2.39. The number of piperidine rings is 1. The van der Waals surface area contributed by atoms with Crippen molar-refractivity contribution in [2.45, 2.75) is 69.6 Å². The highest BCUT2D eigenvalue weighted by molar-refractivity contribution is 6.10. The fourth-order valence-electron chi connectivity index (χ4n) is 7.46. The Balaban J connectivity index is 1.29. The van der Waals surface area contributed by atoms with Crippen LogP contribution in [0, 0.1) is 5.92 Å². The summed E-state index contributed by atoms with van der Waals surface area (Å²) in [4.78, 5) is 45.9. The molecule has 0 saturated carbocycles. The van der Waals surface area contributed by atoms with E-state index in [-0.39, 0.29) is 24.9 Å². The molecule has 2 amide bonds. The Bertz CT molecular complexity index is 1700. The molecule has 2 fully saturated rings. The summed E-state index contributed by atoms with van der Waals surface area (Å²) < 4.78 is 6.48. The third-order valence-electron chi connectivity index (χ3n) is 10.3. The molecule has 0 bridgehead atoms. The number of nitrogens with one attached hydrogen (secondary N) is 1. The van der Waals surface area contributed by atoms with Gasteiger partial charge in [-0.05, 0) is 75.5 Å². The average Bonchev–Trinajstić information content (AvgIpc) is 3.77. The van der Waals surface area contributed by atoms with Crippen LogP contribution < -0.4 is 20.0 Å². The SMILES string of the molecule is COC(=O)CCCCN1C(=O)[C@](O)([C@H](C)/C=C/CCn2cc(CCO)nn2)c2cc(N3CN(c4ccccc4)C4(CCNCC4)C3=O)ccc21. The van der Waals surface area contributed by atoms with Crippen LogP contribution in [0.3, 0.4) is 0 Å². The summed E-state index contributed by atoms with van der Waals surface area (Å²) in [6.45, 7) is 4.51. The largest absolute Gasteiger partial charge is 0.469 e. The van der Waals surface area contributed by atoms with Crippen molar-refractivity contribution in [3.05, 3.63) is 78.1 Å². The Morgan fingerprint density at radius 1 is 1.06 bits per heavy atom. The molecule has 266 valence electrons. The molecule has 6 rings (SSSR count). The number of aliphatic hydroxyl groups excluding tert-OH is 1. The third-order valence-corrected chi connectivity index (χ3v) is 10.3. The number of rotatable bonds is 14. The first-order chi connectivity index (χ1) is 24.2. The highest BCUT2D eigenvalue weighted by atomic mass is 16.5. The molecule has 3 N–H and O–H groups in total. The molecule has 3 aliphatic rings. The smallest absolute Gasteiger partial charge is 0.305 e. The Hall–Kier alpha value is -4.59. The van der Waals surface area contributed by atoms with E-state index in [9.17, 15) is 19.5 Å². The molecule has 3 aromatic rings. The Labute approximate surface area is 292 Å². The van der Waals surface area contributed by atoms with Gasteiger partial charge in [0.1, 0.15) is 5.54 Å². The van der Waals surface area contributed by atoms with Crippen LogP contribution in [0.5, 0.6) is 0 Å². The Morgan fingerprint density at radius 3 is 2.58 bits per heavy atom. The van der Waals surface area contributed by atoms with Gasteiger partial charge >= 0.3 is 5.97 Å². The normalized spacial score (nSPS) is 20.7. The van der Waals surface area contributed by atoms with Crippen molar-refractivity contribution in [3.63, 3.8) is 0 Å². The first-order valence-corrected chi connectivity index (χ1v) is 17.5. The van der Waals surface area contributed by atoms with Gasteiger partial charge in [0.05, 0.1) is 25.2 Å². The third kappa shape index (κ3) is 6.64. The van der Waals surface area contributed by atoms with Gasteiger partial charge in [-0.3, -0.25) is 24.0 Å². The number of nitrogens with zero attached hydrogens (tertiary/aromatic N) is 6. The van der Waals surface area contributed by atoms with E-state index in [0.717, 1.165) is 18.8 Å². The van der Waals surface area contributed by atoms with E-state index in [1.165, 1.54) is 7.11 Å². The van der Waals surface area contributed by atoms with E-state index in [1.54, 1.807) is 20.7 Å². The van der Waals surface area contributed by atoms with Gasteiger partial charge in [-0.1, -0.05) is 42.5 Å². The van der Waals surface area contributed by atoms with Gasteiger partial charge in [-0.2, -0.15) is 0 Å². The van der Waals surface area contributed by atoms with Crippen molar-refractivity contribution in [2.75, 3.05) is 54.7 Å². The maximum Gasteiger partial charge on any atom is 0.305 e. The molecule has 3 aliphatic heterocycles. The average molecular weight is 686 g/mol. The summed E-state index contributed by atoms with van der Waals surface area (Å²) in [7, 11) is 1.35. The van der Waals surface area contributed by atoms with Crippen LogP contribution in [0.15, 0.2) is 66.9 Å². The van der Waals surface area contributed by atoms with Gasteiger partial charge in [0, 0.05) is 61.6 Å². The van der Waals surface area contributed by atoms with Gasteiger partial charge in [0.2, 0.25) is 0 Å². The second-order valence-electron chi connectivity index (χ2n) is 13.3. The van der Waals surface area contributed by atoms with E-state index in [4.69, 9.17) is 9.84 Å². The minimum Gasteiger partial charge on any atom is -0.469 e. The van der Waals surface area contributed by atoms with Crippen LogP contribution in [-0.4, -0.2) is 88.5 Å². The monoisotopic (exact) mass is 685 g/mol. The summed E-state index contributed by atoms with van der Waals surface area (Å²) in [5.41, 5.74) is 0.810. The predicted octanol–water partition coefficient (Wildman–Crippen LogP) is 2.91. The van der Waals surface area contributed by atoms with E-state index in [0.29, 0.717) is 80.9 Å². The lowest BCUT2D eigenvalue weighted by molar-refractivity contribution is -0.140. The highest BCUT2D eigenvalue weighted by Gasteiger charge is 2.55. The van der Waals surface area contributed by atoms with Gasteiger partial charge in [0.15, 0.2) is 5.60 Å². The number of aromatic nitrogens is 3. The number of carbonyl (C=O) groups excluding carboxylic acids is 3. The van der Waals surface area contributed by atoms with Gasteiger partial charge in [-0.15, -0.1) is 5.10 Å². The lowest BCUT2D eigenvalue weighted by atomic mass is 9.82. The zero-order valence-corrected chi connectivity index (χ0v) is 28.8. The molecular formula is C37H47N7O6. The number of anilines is 3. The molecule has 0 unspecified atom stereocenters. The summed E-state index contributed by atoms with van der Waals surface area (Å²) in [5.74, 6) is -1.33. The molecule has 1 aromatic heterocycles. The van der Waals surface area contributed by atoms with Crippen molar-refractivity contribution in [2.24, 2.45) is 5.92 Å². The fourth-order valence-corrected chi connectivity index (χ4v) is 7.46. The topological polar surface area (TPSA) is 153 Å². The van der Waals surface area contributed by atoms with Crippen LogP contribution >= 0.6 is 0 Å². The van der Waals surface area contributed by atoms with E-state index in [2.05, 4.69) is 20.5 Å². The van der Waals surface area contributed by atoms with Crippen LogP contribution in [0.2, 0.25) is 0 Å². The Kier molecular flexibility index (Phi) is 10.7. The van der Waals surface area contributed by atoms with E-state index < -0.39 is 23.0 Å². The minimum atomic E-state index is -1.87. The number of ether oxygens (including phenoxy) is 1. The molecule has 1 spiro atoms. The molecule has 13 nitrogen and oxygen atoms in total. The van der Waals surface area contributed by atoms with Crippen LogP contribution in [0.1, 0.15) is 56.7 Å². The summed E-state index contributed by atoms with van der Waals surface area (Å²) in [5, 5.41) is 33.1. The highest BCUT2D eigenvalue weighted by Crippen LogP contribution is 2.48. The lowest BCUT2D eigenvalue weighted by Crippen LogP contribution is -2.55. The molecule has 2 saturated heterocycles. The number of para-hydroxylation sites is 1. The quantitative estimate of drug-likeness (QED) is 0.131. The molecule has 2 atom stereocenters. The number of esters is 1. The van der Waals surface area contributed by atoms with Gasteiger partial charge < -0.3 is 30.1 Å². The zero-order chi connectivity index (χ0) is 35.3. The number of aliphatic hydroxyl groups is 2. The number of hydrogen-bond donors (Lipinski definition) is 3. The summed E-state index contributed by atoms with van der Waals surface area (Å²) >= 11 is 0. The maximum absolute atomic E-state index is 14.4. The Morgan fingerprint density at radius 2 is 1.84 bits per heavy atom. The zero-order valence-electron chi connectivity index (χ0n) is 28.8. The van der Waals surface area contributed by atoms with E-state index in [1.807, 2.05) is 67.6 Å². The number of aryl methyl sites for hydroxylation is 1. The molecule has 50 heavy (non-hydrogen) atoms. The van der Waals surface area contributed by atoms with Crippen molar-refractivity contribution >= 4 is 34.8 Å². The van der Waals surface area contributed by atoms with Gasteiger partial charge in [-0.25, -0.2) is 0 Å². The number of fused-ring (bicyclic) bond motifs is 1. The van der Waals surface area contributed by atoms with Gasteiger partial charge in [0.25, 0.3) is 11.8 Å². The molecule has 4 heterocycles. The number of carbonyl (C=O) groups is 3. The minimum absolute atomic E-state index is 0.00373. The first kappa shape index (κ1) is 35.2. The van der Waals surface area contributed by atoms with Crippen molar-refractivity contribution in [1.82, 2.24) is 20.3 Å². The molecular weight excluding hydrogens is 638 g/mol. The summed E-state index contributed by atoms with van der Waals surface area (Å²) in [6.07, 6.45) is 9.27. The maximum atomic E-state index is 14.4. The number of methoxy groups -OCH3 is 1. The fraction of sp³-hybridized carbons (Fsp3) is 0.486. The van der Waals surface area contributed by atoms with Crippen LogP contribution in [0.4, 0.5) is 17.1 Å². The van der Waals surface area contributed by atoms with E-state index >= 15 is 0 Å². The number of unbranched alkanes of at least 4 members (excludes halogenated alkanes) is 1. The molecule has 0 aliphatic carbocycles. The van der Waals surface area contributed by atoms with Crippen molar-refractivity contribution in [3.8, 4) is 0 Å². The molecule has 0 radical (unpaired) electrons.